The molecule has 2 aromatic heterocycles. The third-order valence-corrected chi connectivity index (χ3v) is 3.00. The van der Waals surface area contributed by atoms with Gasteiger partial charge in [-0.05, 0) is 19.9 Å². The van der Waals surface area contributed by atoms with Crippen molar-refractivity contribution in [2.24, 2.45) is 0 Å². The first-order chi connectivity index (χ1) is 9.15. The number of hydrogen-bond donors (Lipinski definition) is 2. The number of amides is 2. The number of urea groups is 1. The van der Waals surface area contributed by atoms with Gasteiger partial charge in [0, 0.05) is 11.3 Å². The predicted molar refractivity (Wildman–Crippen MR) is 67.0 cm³/mol. The minimum atomic E-state index is -0.328. The number of carbonyl (C=O) groups excluding carboxylic acids is 1. The Balaban J connectivity index is 2.10. The molecule has 0 fully saturated rings. The summed E-state index contributed by atoms with van der Waals surface area (Å²) in [6.45, 7) is 3.65. The van der Waals surface area contributed by atoms with Crippen molar-refractivity contribution in [2.45, 2.75) is 19.9 Å². The molecule has 0 bridgehead atoms. The first kappa shape index (κ1) is 11.6. The van der Waals surface area contributed by atoms with Crippen LogP contribution in [0.15, 0.2) is 39.3 Å². The molecule has 6 heteroatoms. The Labute approximate surface area is 109 Å². The zero-order chi connectivity index (χ0) is 13.4. The lowest BCUT2D eigenvalue weighted by molar-refractivity contribution is 0.240. The summed E-state index contributed by atoms with van der Waals surface area (Å²) in [6, 6.07) is 1.22. The van der Waals surface area contributed by atoms with Crippen LogP contribution in [0.1, 0.15) is 30.2 Å². The molecular formula is C13H13N3O3. The maximum Gasteiger partial charge on any atom is 0.319 e. The standard InChI is InChI=1S/C13H13N3O3/c1-7-5-14-12(19-7)10-8(2)15-13(17)16-11(10)9-3-4-18-6-9/h3-6,11H,1-2H3,(H2,15,16,17). The minimum absolute atomic E-state index is 0.254. The Hall–Kier alpha value is -2.50. The van der Waals surface area contributed by atoms with Crippen molar-refractivity contribution in [1.29, 1.82) is 0 Å². The van der Waals surface area contributed by atoms with Crippen molar-refractivity contribution in [3.05, 3.63) is 47.7 Å². The van der Waals surface area contributed by atoms with Gasteiger partial charge in [-0.15, -0.1) is 0 Å². The molecule has 1 unspecified atom stereocenters. The van der Waals surface area contributed by atoms with E-state index in [0.29, 0.717) is 5.89 Å². The quantitative estimate of drug-likeness (QED) is 0.867. The fourth-order valence-electron chi connectivity index (χ4n) is 2.15. The topological polar surface area (TPSA) is 80.3 Å². The molecule has 0 saturated carbocycles. The van der Waals surface area contributed by atoms with E-state index in [4.69, 9.17) is 8.83 Å². The number of aryl methyl sites for hydroxylation is 1. The van der Waals surface area contributed by atoms with Crippen molar-refractivity contribution in [3.8, 4) is 0 Å². The van der Waals surface area contributed by atoms with E-state index >= 15 is 0 Å². The summed E-state index contributed by atoms with van der Waals surface area (Å²) >= 11 is 0. The van der Waals surface area contributed by atoms with E-state index in [-0.39, 0.29) is 12.1 Å². The van der Waals surface area contributed by atoms with Crippen molar-refractivity contribution in [1.82, 2.24) is 15.6 Å². The third-order valence-electron chi connectivity index (χ3n) is 3.00. The van der Waals surface area contributed by atoms with E-state index in [2.05, 4.69) is 15.6 Å². The Morgan fingerprint density at radius 2 is 2.21 bits per heavy atom. The van der Waals surface area contributed by atoms with Gasteiger partial charge >= 0.3 is 6.03 Å². The lowest BCUT2D eigenvalue weighted by Crippen LogP contribution is -2.42. The summed E-state index contributed by atoms with van der Waals surface area (Å²) in [5.74, 6) is 1.21. The zero-order valence-corrected chi connectivity index (χ0v) is 10.6. The molecule has 1 atom stereocenters. The molecule has 0 radical (unpaired) electrons. The third kappa shape index (κ3) is 2.01. The van der Waals surface area contributed by atoms with E-state index in [9.17, 15) is 4.79 Å². The van der Waals surface area contributed by atoms with Crippen molar-refractivity contribution < 1.29 is 13.6 Å². The van der Waals surface area contributed by atoms with Crippen molar-refractivity contribution in [3.63, 3.8) is 0 Å². The van der Waals surface area contributed by atoms with Gasteiger partial charge in [0.2, 0.25) is 5.89 Å². The molecule has 1 aliphatic rings. The molecule has 0 aliphatic carbocycles. The summed E-state index contributed by atoms with van der Waals surface area (Å²) < 4.78 is 10.6. The SMILES string of the molecule is CC1=C(c2ncc(C)o2)C(c2ccoc2)NC(=O)N1. The second-order valence-corrected chi connectivity index (χ2v) is 4.40. The average molecular weight is 259 g/mol. The normalized spacial score (nSPS) is 19.3. The number of nitrogens with one attached hydrogen (secondary N) is 2. The van der Waals surface area contributed by atoms with Crippen LogP contribution in [0, 0.1) is 6.92 Å². The van der Waals surface area contributed by atoms with Crippen molar-refractivity contribution in [2.75, 3.05) is 0 Å². The predicted octanol–water partition coefficient (Wildman–Crippen LogP) is 2.36. The molecule has 1 aliphatic heterocycles. The number of rotatable bonds is 2. The van der Waals surface area contributed by atoms with Gasteiger partial charge < -0.3 is 19.5 Å². The molecule has 3 rings (SSSR count). The van der Waals surface area contributed by atoms with Crippen molar-refractivity contribution >= 4 is 11.6 Å². The van der Waals surface area contributed by atoms with E-state index in [1.165, 1.54) is 0 Å². The summed E-state index contributed by atoms with van der Waals surface area (Å²) in [4.78, 5) is 15.9. The first-order valence-electron chi connectivity index (χ1n) is 5.88. The lowest BCUT2D eigenvalue weighted by atomic mass is 9.98. The summed E-state index contributed by atoms with van der Waals surface area (Å²) in [7, 11) is 0. The molecule has 0 spiro atoms. The number of hydrogen-bond acceptors (Lipinski definition) is 4. The van der Waals surface area contributed by atoms with E-state index in [1.54, 1.807) is 24.8 Å². The highest BCUT2D eigenvalue weighted by atomic mass is 16.4. The molecule has 6 nitrogen and oxygen atoms in total. The summed E-state index contributed by atoms with van der Waals surface area (Å²) in [6.07, 6.45) is 4.81. The van der Waals surface area contributed by atoms with Crippen LogP contribution in [0.25, 0.3) is 5.57 Å². The van der Waals surface area contributed by atoms with Gasteiger partial charge in [-0.25, -0.2) is 9.78 Å². The van der Waals surface area contributed by atoms with Crippen LogP contribution < -0.4 is 10.6 Å². The number of furan rings is 1. The lowest BCUT2D eigenvalue weighted by Gasteiger charge is -2.26. The largest absolute Gasteiger partial charge is 0.472 e. The minimum Gasteiger partial charge on any atom is -0.472 e. The number of aromatic nitrogens is 1. The molecule has 0 aromatic carbocycles. The van der Waals surface area contributed by atoms with Gasteiger partial charge in [-0.2, -0.15) is 0 Å². The maximum atomic E-state index is 11.6. The molecule has 2 amide bonds. The Bertz CT molecular complexity index is 640. The second-order valence-electron chi connectivity index (χ2n) is 4.40. The van der Waals surface area contributed by atoms with Gasteiger partial charge in [0.05, 0.1) is 30.3 Å². The Kier molecular flexibility index (Phi) is 2.63. The van der Waals surface area contributed by atoms with Gasteiger partial charge in [0.1, 0.15) is 5.76 Å². The fourth-order valence-corrected chi connectivity index (χ4v) is 2.15. The number of oxazole rings is 1. The number of carbonyl (C=O) groups is 1. The average Bonchev–Trinajstić information content (AvgIpc) is 2.99. The molecule has 2 aromatic rings. The maximum absolute atomic E-state index is 11.6. The second kappa shape index (κ2) is 4.31. The highest BCUT2D eigenvalue weighted by Gasteiger charge is 2.30. The molecule has 19 heavy (non-hydrogen) atoms. The first-order valence-corrected chi connectivity index (χ1v) is 5.88. The fraction of sp³-hybridized carbons (Fsp3) is 0.231. The Morgan fingerprint density at radius 1 is 1.37 bits per heavy atom. The van der Waals surface area contributed by atoms with Crippen LogP contribution in [-0.4, -0.2) is 11.0 Å². The zero-order valence-electron chi connectivity index (χ0n) is 10.6. The van der Waals surface area contributed by atoms with Gasteiger partial charge in [-0.1, -0.05) is 0 Å². The molecule has 0 saturated heterocycles. The number of nitrogens with zero attached hydrogens (tertiary/aromatic N) is 1. The van der Waals surface area contributed by atoms with Crippen LogP contribution >= 0.6 is 0 Å². The van der Waals surface area contributed by atoms with E-state index < -0.39 is 0 Å². The van der Waals surface area contributed by atoms with E-state index in [0.717, 1.165) is 22.6 Å². The van der Waals surface area contributed by atoms with Crippen LogP contribution in [0.5, 0.6) is 0 Å². The summed E-state index contributed by atoms with van der Waals surface area (Å²) in [5.41, 5.74) is 2.37. The summed E-state index contributed by atoms with van der Waals surface area (Å²) in [5, 5.41) is 5.57. The molecular weight excluding hydrogens is 246 g/mol. The number of allylic oxidation sites excluding steroid dienone is 1. The van der Waals surface area contributed by atoms with Crippen LogP contribution in [0.2, 0.25) is 0 Å². The van der Waals surface area contributed by atoms with Gasteiger partial charge in [0.25, 0.3) is 0 Å². The highest BCUT2D eigenvalue weighted by molar-refractivity contribution is 5.86. The molecule has 3 heterocycles. The Morgan fingerprint density at radius 3 is 2.84 bits per heavy atom. The molecule has 98 valence electrons. The smallest absolute Gasteiger partial charge is 0.319 e. The van der Waals surface area contributed by atoms with Crippen LogP contribution in [0.4, 0.5) is 4.79 Å². The van der Waals surface area contributed by atoms with Crippen LogP contribution in [-0.2, 0) is 0 Å². The van der Waals surface area contributed by atoms with Crippen LogP contribution in [0.3, 0.4) is 0 Å². The molecule has 2 N–H and O–H groups in total. The monoisotopic (exact) mass is 259 g/mol. The van der Waals surface area contributed by atoms with E-state index in [1.807, 2.05) is 13.8 Å². The van der Waals surface area contributed by atoms with Gasteiger partial charge in [0.15, 0.2) is 0 Å². The van der Waals surface area contributed by atoms with Gasteiger partial charge in [-0.3, -0.25) is 0 Å². The highest BCUT2D eigenvalue weighted by Crippen LogP contribution is 2.33.